The Hall–Kier alpha value is -5.30. The molecule has 1 aromatic carbocycles. The maximum Gasteiger partial charge on any atom is 0.254 e. The molecule has 13 nitrogen and oxygen atoms in total. The van der Waals surface area contributed by atoms with Crippen LogP contribution in [-0.2, 0) is 14.2 Å². The molecule has 0 bridgehead atoms. The molecule has 3 aliphatic rings. The van der Waals surface area contributed by atoms with Gasteiger partial charge >= 0.3 is 0 Å². The summed E-state index contributed by atoms with van der Waals surface area (Å²) in [7, 11) is 0. The van der Waals surface area contributed by atoms with Gasteiger partial charge in [0, 0.05) is 76.1 Å². The van der Waals surface area contributed by atoms with Crippen LogP contribution in [0.4, 0.5) is 14.6 Å². The molecule has 6 heterocycles. The first-order valence-electron chi connectivity index (χ1n) is 18.3. The number of carbonyl (C=O) groups excluding carboxylic acids is 1. The van der Waals surface area contributed by atoms with E-state index in [4.69, 9.17) is 23.9 Å². The van der Waals surface area contributed by atoms with Crippen LogP contribution in [0.5, 0.6) is 5.75 Å². The van der Waals surface area contributed by atoms with Crippen LogP contribution in [0.1, 0.15) is 42.1 Å². The lowest BCUT2D eigenvalue weighted by Crippen LogP contribution is -2.58. The highest BCUT2D eigenvalue weighted by atomic mass is 19.1. The van der Waals surface area contributed by atoms with Crippen molar-refractivity contribution in [2.45, 2.75) is 38.0 Å². The van der Waals surface area contributed by atoms with Crippen LogP contribution in [0, 0.1) is 23.0 Å². The Morgan fingerprint density at radius 3 is 2.48 bits per heavy atom. The zero-order valence-electron chi connectivity index (χ0n) is 30.3. The van der Waals surface area contributed by atoms with Gasteiger partial charge in [0.05, 0.1) is 54.4 Å². The van der Waals surface area contributed by atoms with Crippen LogP contribution >= 0.6 is 0 Å². The number of hydrogen-bond donors (Lipinski definition) is 1. The van der Waals surface area contributed by atoms with Gasteiger partial charge in [-0.3, -0.25) is 9.69 Å². The molecule has 1 N–H and O–H groups in total. The van der Waals surface area contributed by atoms with Gasteiger partial charge < -0.3 is 34.1 Å². The fourth-order valence-corrected chi connectivity index (χ4v) is 7.22. The number of halogens is 2. The van der Waals surface area contributed by atoms with Gasteiger partial charge in [0.2, 0.25) is 6.29 Å². The third-order valence-corrected chi connectivity index (χ3v) is 10.3. The van der Waals surface area contributed by atoms with Crippen LogP contribution in [0.15, 0.2) is 67.5 Å². The Balaban J connectivity index is 0.984. The number of fused-ring (bicyclic) bond motifs is 1. The standard InChI is InChI=1S/C39H44F2N8O5/c1-2-52-31-22-32(37-29(23-42)25-44-49(37)26-31)28-3-6-35(43-24-28)48-11-8-39(9-12-48,45-38(50)33-21-30(40)4-5-34(33)41)27-51-18-17-47-15-13-46(14-16-47)10-7-36-53-19-20-54-36/h3-6,19-22,24-26,36H,2,7-18,27H2,1H3,(H,45,50). The average Bonchev–Trinajstić information content (AvgIpc) is 3.88. The molecule has 7 rings (SSSR count). The number of pyridine rings is 2. The maximum atomic E-state index is 14.6. The fraction of sp³-hybridized carbons (Fsp3) is 0.436. The van der Waals surface area contributed by atoms with Crippen LogP contribution in [0.25, 0.3) is 16.6 Å². The van der Waals surface area contributed by atoms with Gasteiger partial charge in [-0.2, -0.15) is 10.4 Å². The van der Waals surface area contributed by atoms with E-state index < -0.39 is 23.1 Å². The number of nitrogens with one attached hydrogen (secondary N) is 1. The molecule has 1 amide bonds. The summed E-state index contributed by atoms with van der Waals surface area (Å²) in [5.74, 6) is -0.766. The zero-order chi connectivity index (χ0) is 37.5. The molecule has 0 unspecified atom stereocenters. The molecule has 0 aliphatic carbocycles. The monoisotopic (exact) mass is 742 g/mol. The number of piperazine rings is 1. The lowest BCUT2D eigenvalue weighted by atomic mass is 9.87. The Labute approximate surface area is 312 Å². The number of amides is 1. The number of benzene rings is 1. The Bertz CT molecular complexity index is 1980. The van der Waals surface area contributed by atoms with Crippen LogP contribution in [0.3, 0.4) is 0 Å². The molecule has 0 atom stereocenters. The minimum Gasteiger partial charge on any atom is -0.492 e. The second kappa shape index (κ2) is 16.8. The minimum atomic E-state index is -0.800. The number of rotatable bonds is 14. The molecule has 54 heavy (non-hydrogen) atoms. The molecule has 3 aliphatic heterocycles. The number of ether oxygens (including phenoxy) is 4. The van der Waals surface area contributed by atoms with Crippen molar-refractivity contribution in [3.8, 4) is 22.9 Å². The van der Waals surface area contributed by atoms with Crippen LogP contribution in [-0.4, -0.2) is 114 Å². The summed E-state index contributed by atoms with van der Waals surface area (Å²) in [5.41, 5.74) is 1.56. The summed E-state index contributed by atoms with van der Waals surface area (Å²) < 4.78 is 53.1. The van der Waals surface area contributed by atoms with Gasteiger partial charge in [-0.25, -0.2) is 18.3 Å². The largest absolute Gasteiger partial charge is 0.492 e. The van der Waals surface area contributed by atoms with Crippen molar-refractivity contribution in [2.75, 3.05) is 77.1 Å². The van der Waals surface area contributed by atoms with Gasteiger partial charge in [-0.1, -0.05) is 0 Å². The number of hydrogen-bond acceptors (Lipinski definition) is 11. The van der Waals surface area contributed by atoms with Crippen molar-refractivity contribution in [3.63, 3.8) is 0 Å². The van der Waals surface area contributed by atoms with E-state index in [0.717, 1.165) is 80.8 Å². The number of nitriles is 1. The summed E-state index contributed by atoms with van der Waals surface area (Å²) in [4.78, 5) is 25.1. The highest BCUT2D eigenvalue weighted by Gasteiger charge is 2.38. The van der Waals surface area contributed by atoms with E-state index in [-0.39, 0.29) is 18.5 Å². The molecule has 0 spiro atoms. The van der Waals surface area contributed by atoms with Crippen molar-refractivity contribution >= 4 is 17.2 Å². The molecule has 2 fully saturated rings. The van der Waals surface area contributed by atoms with Crippen molar-refractivity contribution < 1.29 is 32.5 Å². The normalized spacial score (nSPS) is 17.6. The van der Waals surface area contributed by atoms with Crippen molar-refractivity contribution in [2.24, 2.45) is 0 Å². The van der Waals surface area contributed by atoms with E-state index in [2.05, 4.69) is 31.2 Å². The highest BCUT2D eigenvalue weighted by molar-refractivity contribution is 5.95. The van der Waals surface area contributed by atoms with E-state index >= 15 is 0 Å². The number of anilines is 1. The zero-order valence-corrected chi connectivity index (χ0v) is 30.3. The minimum absolute atomic E-state index is 0.200. The van der Waals surface area contributed by atoms with Crippen LogP contribution < -0.4 is 15.0 Å². The first-order valence-corrected chi connectivity index (χ1v) is 18.3. The predicted molar refractivity (Wildman–Crippen MR) is 196 cm³/mol. The molecule has 2 saturated heterocycles. The second-order valence-corrected chi connectivity index (χ2v) is 13.7. The van der Waals surface area contributed by atoms with E-state index in [9.17, 15) is 18.8 Å². The highest BCUT2D eigenvalue weighted by Crippen LogP contribution is 2.33. The molecule has 15 heteroatoms. The van der Waals surface area contributed by atoms with Gasteiger partial charge in [0.25, 0.3) is 5.91 Å². The Morgan fingerprint density at radius 1 is 1.02 bits per heavy atom. The molecular weight excluding hydrogens is 698 g/mol. The van der Waals surface area contributed by atoms with E-state index in [1.165, 1.54) is 6.20 Å². The molecule has 4 aromatic rings. The smallest absolute Gasteiger partial charge is 0.254 e. The molecule has 0 radical (unpaired) electrons. The van der Waals surface area contributed by atoms with E-state index in [0.29, 0.717) is 56.0 Å². The number of piperidine rings is 1. The Kier molecular flexibility index (Phi) is 11.5. The first-order chi connectivity index (χ1) is 26.3. The van der Waals surface area contributed by atoms with E-state index in [1.807, 2.05) is 25.1 Å². The fourth-order valence-electron chi connectivity index (χ4n) is 7.22. The number of carbonyl (C=O) groups is 1. The van der Waals surface area contributed by atoms with Crippen molar-refractivity contribution in [1.82, 2.24) is 29.7 Å². The summed E-state index contributed by atoms with van der Waals surface area (Å²) in [6.45, 7) is 9.54. The van der Waals surface area contributed by atoms with Gasteiger partial charge in [-0.15, -0.1) is 0 Å². The summed E-state index contributed by atoms with van der Waals surface area (Å²) in [6.07, 6.45) is 9.82. The summed E-state index contributed by atoms with van der Waals surface area (Å²) in [6, 6.07) is 10.9. The first kappa shape index (κ1) is 37.0. The quantitative estimate of drug-likeness (QED) is 0.182. The Morgan fingerprint density at radius 2 is 1.78 bits per heavy atom. The maximum absolute atomic E-state index is 14.6. The predicted octanol–water partition coefficient (Wildman–Crippen LogP) is 4.58. The third kappa shape index (κ3) is 8.57. The molecular formula is C39H44F2N8O5. The van der Waals surface area contributed by atoms with Gasteiger partial charge in [0.15, 0.2) is 0 Å². The number of nitrogens with zero attached hydrogens (tertiary/aromatic N) is 7. The number of aromatic nitrogens is 3. The average molecular weight is 743 g/mol. The van der Waals surface area contributed by atoms with E-state index in [1.54, 1.807) is 29.4 Å². The third-order valence-electron chi connectivity index (χ3n) is 10.3. The summed E-state index contributed by atoms with van der Waals surface area (Å²) >= 11 is 0. The topological polar surface area (TPSA) is 130 Å². The van der Waals surface area contributed by atoms with Gasteiger partial charge in [-0.05, 0) is 56.2 Å². The molecule has 0 saturated carbocycles. The lowest BCUT2D eigenvalue weighted by Gasteiger charge is -2.43. The molecule has 284 valence electrons. The van der Waals surface area contributed by atoms with Crippen molar-refractivity contribution in [1.29, 1.82) is 5.26 Å². The second-order valence-electron chi connectivity index (χ2n) is 13.7. The van der Waals surface area contributed by atoms with Crippen LogP contribution in [0.2, 0.25) is 0 Å². The van der Waals surface area contributed by atoms with Gasteiger partial charge in [0.1, 0.15) is 41.8 Å². The molecule has 3 aromatic heterocycles. The summed E-state index contributed by atoms with van der Waals surface area (Å²) in [5, 5.41) is 17.1. The lowest BCUT2D eigenvalue weighted by molar-refractivity contribution is -0.0364. The SMILES string of the molecule is CCOc1cc(-c2ccc(N3CCC(COCCN4CCN(CCC5OC=CO5)CC4)(NC(=O)c4cc(F)ccc4F)CC3)nc2)c2c(C#N)cnn2c1. The van der Waals surface area contributed by atoms with Crippen molar-refractivity contribution in [3.05, 3.63) is 90.3 Å².